The molecule has 2 rings (SSSR count). The summed E-state index contributed by atoms with van der Waals surface area (Å²) >= 11 is 5.73. The van der Waals surface area contributed by atoms with Crippen LogP contribution in [-0.2, 0) is 6.61 Å². The van der Waals surface area contributed by atoms with Crippen LogP contribution in [0.25, 0.3) is 5.82 Å². The van der Waals surface area contributed by atoms with Crippen LogP contribution in [0.3, 0.4) is 0 Å². The topological polar surface area (TPSA) is 38.0 Å². The van der Waals surface area contributed by atoms with Crippen molar-refractivity contribution in [3.8, 4) is 5.82 Å². The first-order chi connectivity index (χ1) is 6.81. The molecule has 0 saturated heterocycles. The number of aromatic nitrogens is 2. The van der Waals surface area contributed by atoms with Gasteiger partial charge in [0, 0.05) is 18.1 Å². The Labute approximate surface area is 86.6 Å². The van der Waals surface area contributed by atoms with Gasteiger partial charge in [-0.25, -0.2) is 4.98 Å². The van der Waals surface area contributed by atoms with Gasteiger partial charge in [-0.2, -0.15) is 0 Å². The molecule has 0 aliphatic rings. The smallest absolute Gasteiger partial charge is 0.136 e. The molecule has 72 valence electrons. The number of aliphatic hydroxyl groups excluding tert-OH is 1. The highest BCUT2D eigenvalue weighted by atomic mass is 35.5. The maximum absolute atomic E-state index is 9.05. The average Bonchev–Trinajstić information content (AvgIpc) is 2.67. The van der Waals surface area contributed by atoms with E-state index in [0.717, 1.165) is 11.5 Å². The summed E-state index contributed by atoms with van der Waals surface area (Å²) in [5.41, 5.74) is 0.805. The van der Waals surface area contributed by atoms with Crippen molar-refractivity contribution in [1.82, 2.24) is 9.55 Å². The van der Waals surface area contributed by atoms with Crippen molar-refractivity contribution in [2.45, 2.75) is 6.61 Å². The molecule has 1 N–H and O–H groups in total. The molecule has 0 unspecified atom stereocenters. The molecule has 0 radical (unpaired) electrons. The van der Waals surface area contributed by atoms with Crippen molar-refractivity contribution < 1.29 is 5.11 Å². The van der Waals surface area contributed by atoms with Crippen LogP contribution in [0.15, 0.2) is 36.7 Å². The second-order valence-corrected chi connectivity index (χ2v) is 3.30. The molecule has 0 fully saturated rings. The number of rotatable bonds is 2. The van der Waals surface area contributed by atoms with Crippen molar-refractivity contribution >= 4 is 11.6 Å². The van der Waals surface area contributed by atoms with E-state index >= 15 is 0 Å². The van der Waals surface area contributed by atoms with Gasteiger partial charge in [0.15, 0.2) is 0 Å². The van der Waals surface area contributed by atoms with Crippen molar-refractivity contribution in [3.05, 3.63) is 47.4 Å². The third-order valence-electron chi connectivity index (χ3n) is 1.95. The molecule has 0 aliphatic carbocycles. The van der Waals surface area contributed by atoms with E-state index in [-0.39, 0.29) is 6.61 Å². The lowest BCUT2D eigenvalue weighted by Crippen LogP contribution is -2.00. The predicted molar refractivity (Wildman–Crippen MR) is 54.5 cm³/mol. The van der Waals surface area contributed by atoms with Crippen LogP contribution in [0.4, 0.5) is 0 Å². The van der Waals surface area contributed by atoms with E-state index in [1.165, 1.54) is 0 Å². The largest absolute Gasteiger partial charge is 0.390 e. The Hall–Kier alpha value is -1.32. The highest BCUT2D eigenvalue weighted by molar-refractivity contribution is 6.30. The molecule has 14 heavy (non-hydrogen) atoms. The van der Waals surface area contributed by atoms with Gasteiger partial charge in [-0.15, -0.1) is 0 Å². The molecular formula is C10H9ClN2O. The third-order valence-corrected chi connectivity index (χ3v) is 2.18. The number of hydrogen-bond acceptors (Lipinski definition) is 2. The number of hydrogen-bond donors (Lipinski definition) is 1. The van der Waals surface area contributed by atoms with Crippen LogP contribution in [0, 0.1) is 0 Å². The van der Waals surface area contributed by atoms with E-state index in [9.17, 15) is 0 Å². The number of halogens is 1. The van der Waals surface area contributed by atoms with Crippen LogP contribution in [-0.4, -0.2) is 14.7 Å². The minimum atomic E-state index is -0.00267. The molecule has 2 aromatic rings. The summed E-state index contributed by atoms with van der Waals surface area (Å²) in [7, 11) is 0. The Morgan fingerprint density at radius 2 is 2.21 bits per heavy atom. The summed E-state index contributed by atoms with van der Waals surface area (Å²) in [6.07, 6.45) is 3.43. The minimum absolute atomic E-state index is 0.00267. The van der Waals surface area contributed by atoms with Gasteiger partial charge in [-0.05, 0) is 24.3 Å². The van der Waals surface area contributed by atoms with E-state index in [4.69, 9.17) is 16.7 Å². The van der Waals surface area contributed by atoms with Gasteiger partial charge in [0.1, 0.15) is 5.82 Å². The van der Waals surface area contributed by atoms with Gasteiger partial charge in [0.05, 0.1) is 11.6 Å². The molecular weight excluding hydrogens is 200 g/mol. The summed E-state index contributed by atoms with van der Waals surface area (Å²) in [5.74, 6) is 0.753. The van der Waals surface area contributed by atoms with Gasteiger partial charge >= 0.3 is 0 Å². The Kier molecular flexibility index (Phi) is 2.52. The van der Waals surface area contributed by atoms with Crippen LogP contribution < -0.4 is 0 Å². The first-order valence-corrected chi connectivity index (χ1v) is 4.58. The van der Waals surface area contributed by atoms with Gasteiger partial charge in [-0.3, -0.25) is 0 Å². The quantitative estimate of drug-likeness (QED) is 0.820. The zero-order chi connectivity index (χ0) is 9.97. The van der Waals surface area contributed by atoms with E-state index < -0.39 is 0 Å². The molecule has 0 amide bonds. The first-order valence-electron chi connectivity index (χ1n) is 4.20. The van der Waals surface area contributed by atoms with Gasteiger partial charge < -0.3 is 9.67 Å². The zero-order valence-corrected chi connectivity index (χ0v) is 8.15. The lowest BCUT2D eigenvalue weighted by atomic mass is 10.4. The fourth-order valence-corrected chi connectivity index (χ4v) is 1.39. The van der Waals surface area contributed by atoms with Gasteiger partial charge in [0.25, 0.3) is 0 Å². The van der Waals surface area contributed by atoms with Crippen LogP contribution >= 0.6 is 11.6 Å². The SMILES string of the molecule is OCc1cccn1-c1ccc(Cl)cn1. The highest BCUT2D eigenvalue weighted by Gasteiger charge is 2.02. The molecule has 0 atom stereocenters. The average molecular weight is 209 g/mol. The fourth-order valence-electron chi connectivity index (χ4n) is 1.28. The van der Waals surface area contributed by atoms with Crippen molar-refractivity contribution in [2.75, 3.05) is 0 Å². The molecule has 0 aliphatic heterocycles. The Bertz CT molecular complexity index is 422. The fraction of sp³-hybridized carbons (Fsp3) is 0.100. The van der Waals surface area contributed by atoms with Gasteiger partial charge in [-0.1, -0.05) is 11.6 Å². The predicted octanol–water partition coefficient (Wildman–Crippen LogP) is 2.02. The molecule has 0 saturated carbocycles. The van der Waals surface area contributed by atoms with Crippen LogP contribution in [0.1, 0.15) is 5.69 Å². The van der Waals surface area contributed by atoms with Crippen LogP contribution in [0.5, 0.6) is 0 Å². The first kappa shape index (κ1) is 9.24. The number of pyridine rings is 1. The lowest BCUT2D eigenvalue weighted by molar-refractivity contribution is 0.274. The van der Waals surface area contributed by atoms with Crippen molar-refractivity contribution in [3.63, 3.8) is 0 Å². The molecule has 4 heteroatoms. The number of nitrogens with zero attached hydrogens (tertiary/aromatic N) is 2. The molecule has 0 aromatic carbocycles. The number of aliphatic hydroxyl groups is 1. The zero-order valence-electron chi connectivity index (χ0n) is 7.39. The van der Waals surface area contributed by atoms with Crippen molar-refractivity contribution in [2.24, 2.45) is 0 Å². The molecule has 3 nitrogen and oxygen atoms in total. The summed E-state index contributed by atoms with van der Waals surface area (Å²) in [4.78, 5) is 4.15. The standard InChI is InChI=1S/C10H9ClN2O/c11-8-3-4-10(12-6-8)13-5-1-2-9(13)7-14/h1-6,14H,7H2. The van der Waals surface area contributed by atoms with Gasteiger partial charge in [0.2, 0.25) is 0 Å². The molecule has 2 aromatic heterocycles. The van der Waals surface area contributed by atoms with E-state index in [0.29, 0.717) is 5.02 Å². The summed E-state index contributed by atoms with van der Waals surface area (Å²) in [6, 6.07) is 7.28. The highest BCUT2D eigenvalue weighted by Crippen LogP contribution is 2.13. The second kappa shape index (κ2) is 3.82. The summed E-state index contributed by atoms with van der Waals surface area (Å²) in [5, 5.41) is 9.65. The Morgan fingerprint density at radius 1 is 1.36 bits per heavy atom. The third kappa shape index (κ3) is 1.64. The summed E-state index contributed by atoms with van der Waals surface area (Å²) < 4.78 is 1.82. The minimum Gasteiger partial charge on any atom is -0.390 e. The normalized spacial score (nSPS) is 10.4. The Balaban J connectivity index is 2.44. The van der Waals surface area contributed by atoms with E-state index in [2.05, 4.69) is 4.98 Å². The second-order valence-electron chi connectivity index (χ2n) is 2.86. The maximum Gasteiger partial charge on any atom is 0.136 e. The van der Waals surface area contributed by atoms with Crippen molar-refractivity contribution in [1.29, 1.82) is 0 Å². The monoisotopic (exact) mass is 208 g/mol. The molecule has 0 spiro atoms. The summed E-state index contributed by atoms with van der Waals surface area (Å²) in [6.45, 7) is -0.00267. The maximum atomic E-state index is 9.05. The van der Waals surface area contributed by atoms with E-state index in [1.807, 2.05) is 29.0 Å². The lowest BCUT2D eigenvalue weighted by Gasteiger charge is -2.05. The van der Waals surface area contributed by atoms with Crippen LogP contribution in [0.2, 0.25) is 5.02 Å². The Morgan fingerprint density at radius 3 is 2.86 bits per heavy atom. The van der Waals surface area contributed by atoms with E-state index in [1.54, 1.807) is 12.3 Å². The molecule has 2 heterocycles. The molecule has 0 bridgehead atoms.